The summed E-state index contributed by atoms with van der Waals surface area (Å²) >= 11 is 1.66. The first kappa shape index (κ1) is 24.8. The van der Waals surface area contributed by atoms with Gasteiger partial charge in [0.2, 0.25) is 0 Å². The molecule has 3 aromatic carbocycles. The molecule has 2 N–H and O–H groups in total. The molecule has 0 aromatic heterocycles. The largest absolute Gasteiger partial charge is 0.489 e. The lowest BCUT2D eigenvalue weighted by molar-refractivity contribution is -0.120. The Balaban J connectivity index is 1.40. The summed E-state index contributed by atoms with van der Waals surface area (Å²) in [4.78, 5) is 25.5. The molecular formula is C30H26N2O3S. The molecule has 1 fully saturated rings. The van der Waals surface area contributed by atoms with Gasteiger partial charge in [-0.2, -0.15) is 0 Å². The smallest absolute Gasteiger partial charge is 0.322 e. The highest BCUT2D eigenvalue weighted by Gasteiger charge is 2.30. The minimum absolute atomic E-state index is 0.346. The third-order valence-corrected chi connectivity index (χ3v) is 6.20. The summed E-state index contributed by atoms with van der Waals surface area (Å²) < 4.78 is 5.97. The van der Waals surface area contributed by atoms with Crippen molar-refractivity contribution in [3.63, 3.8) is 0 Å². The number of carbonyl (C=O) groups excluding carboxylic acids is 2. The van der Waals surface area contributed by atoms with Crippen molar-refractivity contribution in [1.82, 2.24) is 10.6 Å². The Hall–Kier alpha value is -4.29. The van der Waals surface area contributed by atoms with E-state index in [2.05, 4.69) is 34.9 Å². The topological polar surface area (TPSA) is 67.4 Å². The summed E-state index contributed by atoms with van der Waals surface area (Å²) in [7, 11) is 0. The predicted octanol–water partition coefficient (Wildman–Crippen LogP) is 6.55. The monoisotopic (exact) mass is 494 g/mol. The highest BCUT2D eigenvalue weighted by molar-refractivity contribution is 7.99. The van der Waals surface area contributed by atoms with Crippen molar-refractivity contribution in [2.24, 2.45) is 0 Å². The molecule has 36 heavy (non-hydrogen) atoms. The first-order valence-electron chi connectivity index (χ1n) is 11.5. The zero-order valence-electron chi connectivity index (χ0n) is 19.5. The molecule has 4 rings (SSSR count). The molecule has 1 heterocycles. The van der Waals surface area contributed by atoms with Crippen molar-refractivity contribution in [2.75, 3.05) is 0 Å². The molecule has 180 valence electrons. The van der Waals surface area contributed by atoms with Crippen molar-refractivity contribution in [3.05, 3.63) is 139 Å². The Morgan fingerprint density at radius 1 is 0.639 bits per heavy atom. The Kier molecular flexibility index (Phi) is 8.95. The molecular weight excluding hydrogens is 468 g/mol. The van der Waals surface area contributed by atoms with Crippen LogP contribution in [0.5, 0.6) is 5.75 Å². The molecule has 1 atom stereocenters. The fraction of sp³-hybridized carbons (Fsp3) is 0.0667. The summed E-state index contributed by atoms with van der Waals surface area (Å²) in [6.07, 6.45) is 0. The summed E-state index contributed by atoms with van der Waals surface area (Å²) in [5.41, 5.74) is 1.80. The number of hydrogen-bond acceptors (Lipinski definition) is 4. The Morgan fingerprint density at radius 2 is 1.17 bits per heavy atom. The van der Waals surface area contributed by atoms with Crippen LogP contribution in [0.3, 0.4) is 0 Å². The summed E-state index contributed by atoms with van der Waals surface area (Å²) in [5, 5.41) is 4.88. The van der Waals surface area contributed by atoms with Crippen molar-refractivity contribution in [2.45, 2.75) is 22.4 Å². The summed E-state index contributed by atoms with van der Waals surface area (Å²) in [6, 6.07) is 40.1. The molecule has 1 aliphatic heterocycles. The molecule has 6 heteroatoms. The highest BCUT2D eigenvalue weighted by atomic mass is 32.2. The first-order valence-corrected chi connectivity index (χ1v) is 12.3. The van der Waals surface area contributed by atoms with Crippen molar-refractivity contribution in [3.8, 4) is 5.75 Å². The third kappa shape index (κ3) is 7.61. The van der Waals surface area contributed by atoms with Crippen LogP contribution in [0.1, 0.15) is 17.2 Å². The van der Waals surface area contributed by atoms with E-state index >= 15 is 0 Å². The number of carbonyl (C=O) groups is 2. The van der Waals surface area contributed by atoms with Crippen LogP contribution in [-0.2, 0) is 11.4 Å². The van der Waals surface area contributed by atoms with Crippen LogP contribution in [0.25, 0.3) is 0 Å². The lowest BCUT2D eigenvalue weighted by atomic mass is 10.1. The molecule has 3 aromatic rings. The fourth-order valence-corrected chi connectivity index (χ4v) is 4.22. The number of nitrogens with one attached hydrogen (secondary N) is 2. The van der Waals surface area contributed by atoms with Crippen LogP contribution in [0.4, 0.5) is 4.79 Å². The second kappa shape index (κ2) is 13.0. The number of urea groups is 1. The minimum atomic E-state index is -0.676. The van der Waals surface area contributed by atoms with E-state index in [-0.39, 0.29) is 5.91 Å². The number of hydrogen-bond donors (Lipinski definition) is 2. The Labute approximate surface area is 215 Å². The highest BCUT2D eigenvalue weighted by Crippen LogP contribution is 2.27. The van der Waals surface area contributed by atoms with Crippen molar-refractivity contribution < 1.29 is 14.3 Å². The van der Waals surface area contributed by atoms with Gasteiger partial charge in [-0.05, 0) is 47.5 Å². The van der Waals surface area contributed by atoms with Crippen LogP contribution in [0, 0.1) is 0 Å². The van der Waals surface area contributed by atoms with E-state index in [1.165, 1.54) is 0 Å². The van der Waals surface area contributed by atoms with Crippen LogP contribution in [-0.4, -0.2) is 11.9 Å². The van der Waals surface area contributed by atoms with Gasteiger partial charge in [-0.25, -0.2) is 4.79 Å². The zero-order chi connectivity index (χ0) is 25.0. The minimum Gasteiger partial charge on any atom is -0.489 e. The van der Waals surface area contributed by atoms with E-state index in [1.807, 2.05) is 103 Å². The molecule has 0 saturated carbocycles. The van der Waals surface area contributed by atoms with Crippen LogP contribution >= 0.6 is 11.8 Å². The summed E-state index contributed by atoms with van der Waals surface area (Å²) in [6.45, 7) is 0.485. The van der Waals surface area contributed by atoms with Crippen LogP contribution in [0.15, 0.2) is 137 Å². The van der Waals surface area contributed by atoms with Gasteiger partial charge in [0, 0.05) is 9.79 Å². The zero-order valence-corrected chi connectivity index (χ0v) is 20.4. The van der Waals surface area contributed by atoms with Gasteiger partial charge in [0.1, 0.15) is 18.4 Å². The first-order chi connectivity index (χ1) is 17.7. The molecule has 1 saturated heterocycles. The van der Waals surface area contributed by atoms with Crippen LogP contribution in [0.2, 0.25) is 0 Å². The van der Waals surface area contributed by atoms with Gasteiger partial charge in [-0.1, -0.05) is 103 Å². The van der Waals surface area contributed by atoms with E-state index in [4.69, 9.17) is 4.74 Å². The van der Waals surface area contributed by atoms with Gasteiger partial charge in [0.15, 0.2) is 0 Å². The van der Waals surface area contributed by atoms with E-state index in [9.17, 15) is 9.59 Å². The maximum atomic E-state index is 11.9. The summed E-state index contributed by atoms with van der Waals surface area (Å²) in [5.74, 6) is 0.454. The average Bonchev–Trinajstić information content (AvgIpc) is 3.23. The lowest BCUT2D eigenvalue weighted by Gasteiger charge is -2.06. The molecule has 0 aliphatic carbocycles. The number of imide groups is 1. The number of rotatable bonds is 6. The quantitative estimate of drug-likeness (QED) is 0.382. The second-order valence-corrected chi connectivity index (χ2v) is 9.00. The van der Waals surface area contributed by atoms with Crippen LogP contribution < -0.4 is 15.4 Å². The predicted molar refractivity (Wildman–Crippen MR) is 142 cm³/mol. The van der Waals surface area contributed by atoms with Gasteiger partial charge < -0.3 is 10.1 Å². The molecule has 3 amide bonds. The van der Waals surface area contributed by atoms with Gasteiger partial charge in [-0.3, -0.25) is 10.1 Å². The second-order valence-electron chi connectivity index (χ2n) is 7.85. The van der Waals surface area contributed by atoms with E-state index in [1.54, 1.807) is 11.8 Å². The number of benzene rings is 1. The SMILES string of the molecule is O=C1NC(=O)C(c2ccccc(Sc3ccc(COc4ccccccccc4)cc3)cccc2)N1. The van der Waals surface area contributed by atoms with Gasteiger partial charge >= 0.3 is 6.03 Å². The molecule has 0 spiro atoms. The average molecular weight is 495 g/mol. The van der Waals surface area contributed by atoms with E-state index in [0.29, 0.717) is 12.2 Å². The number of ether oxygens (including phenoxy) is 1. The Bertz CT molecular complexity index is 1270. The van der Waals surface area contributed by atoms with E-state index in [0.717, 1.165) is 21.1 Å². The van der Waals surface area contributed by atoms with Crippen molar-refractivity contribution >= 4 is 23.7 Å². The molecule has 1 unspecified atom stereocenters. The standard InChI is InChI=1S/C30H26N2O3S/c33-29-28(31-30(34)32-29)24-12-8-10-16-26(17-11-9-13-24)36-27-20-18-23(19-21-27)22-35-25-14-6-4-2-1-3-5-7-15-25/h1-21,28H,22H2,(H2,31,32,33,34). The maximum absolute atomic E-state index is 11.9. The molecule has 0 radical (unpaired) electrons. The van der Waals surface area contributed by atoms with Gasteiger partial charge in [0.25, 0.3) is 5.91 Å². The third-order valence-electron chi connectivity index (χ3n) is 5.18. The maximum Gasteiger partial charge on any atom is 0.322 e. The number of amides is 3. The Morgan fingerprint density at radius 3 is 1.75 bits per heavy atom. The van der Waals surface area contributed by atoms with Gasteiger partial charge in [0.05, 0.1) is 0 Å². The van der Waals surface area contributed by atoms with E-state index < -0.39 is 12.1 Å². The van der Waals surface area contributed by atoms with Gasteiger partial charge in [-0.15, -0.1) is 0 Å². The molecule has 0 bridgehead atoms. The molecule has 5 nitrogen and oxygen atoms in total. The lowest BCUT2D eigenvalue weighted by Crippen LogP contribution is -2.22. The van der Waals surface area contributed by atoms with Crippen molar-refractivity contribution in [1.29, 1.82) is 0 Å². The fourth-order valence-electron chi connectivity index (χ4n) is 3.39. The normalized spacial score (nSPS) is 14.1. The molecule has 1 aliphatic rings.